The van der Waals surface area contributed by atoms with Gasteiger partial charge in [0.05, 0.1) is 12.3 Å². The number of rotatable bonds is 7. The molecule has 0 saturated heterocycles. The van der Waals surface area contributed by atoms with Crippen molar-refractivity contribution in [3.8, 4) is 22.6 Å². The number of benzene rings is 2. The summed E-state index contributed by atoms with van der Waals surface area (Å²) in [6.07, 6.45) is 3.12. The van der Waals surface area contributed by atoms with Gasteiger partial charge in [-0.25, -0.2) is 14.2 Å². The van der Waals surface area contributed by atoms with Gasteiger partial charge in [0, 0.05) is 11.6 Å². The molecule has 3 aromatic rings. The second-order valence-electron chi connectivity index (χ2n) is 7.19. The van der Waals surface area contributed by atoms with Crippen LogP contribution in [0.25, 0.3) is 11.1 Å². The molecule has 0 radical (unpaired) electrons. The average molecular weight is 428 g/mol. The standard InChI is InChI=1S/C23H19ClFNO4/c24-23-21(11-20(12-26-23)30-18-3-1-2-17(25)10-18)15-6-4-14(5-7-15)16-8-19(9-16)29-13-22(27)28/h1-7,10-12,16,19H,8-9,13H2,(H,27,28)/t16-,19+. The number of hydrogen-bond donors (Lipinski definition) is 1. The van der Waals surface area contributed by atoms with Gasteiger partial charge < -0.3 is 14.6 Å². The van der Waals surface area contributed by atoms with Crippen molar-refractivity contribution in [3.63, 3.8) is 0 Å². The molecule has 4 rings (SSSR count). The molecule has 1 N–H and O–H groups in total. The summed E-state index contributed by atoms with van der Waals surface area (Å²) in [6, 6.07) is 15.7. The maximum atomic E-state index is 13.4. The fraction of sp³-hybridized carbons (Fsp3) is 0.217. The quantitative estimate of drug-likeness (QED) is 0.491. The van der Waals surface area contributed by atoms with Gasteiger partial charge in [-0.05, 0) is 48.1 Å². The SMILES string of the molecule is O=C(O)CO[C@H]1C[C@@H](c2ccc(-c3cc(Oc4cccc(F)c4)cnc3Cl)cc2)C1. The van der Waals surface area contributed by atoms with Crippen molar-refractivity contribution in [1.82, 2.24) is 4.98 Å². The number of carbonyl (C=O) groups is 1. The molecule has 2 aromatic carbocycles. The summed E-state index contributed by atoms with van der Waals surface area (Å²) in [4.78, 5) is 14.8. The van der Waals surface area contributed by atoms with Crippen LogP contribution in [-0.4, -0.2) is 28.8 Å². The molecule has 1 fully saturated rings. The van der Waals surface area contributed by atoms with E-state index in [0.29, 0.717) is 28.1 Å². The summed E-state index contributed by atoms with van der Waals surface area (Å²) in [6.45, 7) is -0.254. The summed E-state index contributed by atoms with van der Waals surface area (Å²) < 4.78 is 24.4. The lowest BCUT2D eigenvalue weighted by Gasteiger charge is -2.35. The van der Waals surface area contributed by atoms with Crippen LogP contribution >= 0.6 is 11.6 Å². The number of nitrogens with zero attached hydrogens (tertiary/aromatic N) is 1. The molecule has 30 heavy (non-hydrogen) atoms. The van der Waals surface area contributed by atoms with Crippen LogP contribution in [0.15, 0.2) is 60.8 Å². The summed E-state index contributed by atoms with van der Waals surface area (Å²) in [5, 5.41) is 9.02. The van der Waals surface area contributed by atoms with E-state index >= 15 is 0 Å². The first-order valence-electron chi connectivity index (χ1n) is 9.50. The number of aromatic nitrogens is 1. The van der Waals surface area contributed by atoms with Crippen LogP contribution in [0.1, 0.15) is 24.3 Å². The maximum Gasteiger partial charge on any atom is 0.329 e. The Labute approximate surface area is 178 Å². The highest BCUT2D eigenvalue weighted by molar-refractivity contribution is 6.32. The first kappa shape index (κ1) is 20.3. The maximum absolute atomic E-state index is 13.4. The van der Waals surface area contributed by atoms with Crippen LogP contribution in [0.4, 0.5) is 4.39 Å². The third kappa shape index (κ3) is 4.78. The van der Waals surface area contributed by atoms with Crippen molar-refractivity contribution in [3.05, 3.63) is 77.3 Å². The van der Waals surface area contributed by atoms with Gasteiger partial charge in [-0.15, -0.1) is 0 Å². The van der Waals surface area contributed by atoms with Crippen LogP contribution in [0.5, 0.6) is 11.5 Å². The van der Waals surface area contributed by atoms with Gasteiger partial charge in [0.1, 0.15) is 29.1 Å². The zero-order chi connectivity index (χ0) is 21.1. The minimum absolute atomic E-state index is 0.000995. The molecule has 1 heterocycles. The molecule has 0 atom stereocenters. The van der Waals surface area contributed by atoms with Crippen LogP contribution < -0.4 is 4.74 Å². The van der Waals surface area contributed by atoms with Crippen molar-refractivity contribution in [2.75, 3.05) is 6.61 Å². The molecule has 0 unspecified atom stereocenters. The van der Waals surface area contributed by atoms with E-state index in [9.17, 15) is 9.18 Å². The zero-order valence-electron chi connectivity index (χ0n) is 15.9. The van der Waals surface area contributed by atoms with Gasteiger partial charge in [0.15, 0.2) is 0 Å². The summed E-state index contributed by atoms with van der Waals surface area (Å²) in [7, 11) is 0. The number of carboxylic acids is 1. The van der Waals surface area contributed by atoms with E-state index in [0.717, 1.165) is 18.4 Å². The number of ether oxygens (including phenoxy) is 2. The molecule has 1 aliphatic rings. The molecule has 5 nitrogen and oxygen atoms in total. The highest BCUT2D eigenvalue weighted by atomic mass is 35.5. The van der Waals surface area contributed by atoms with E-state index in [1.165, 1.54) is 23.9 Å². The lowest BCUT2D eigenvalue weighted by atomic mass is 9.77. The lowest BCUT2D eigenvalue weighted by molar-refractivity contribution is -0.146. The van der Waals surface area contributed by atoms with Crippen LogP contribution in [0.2, 0.25) is 5.15 Å². The second-order valence-corrected chi connectivity index (χ2v) is 7.54. The second kappa shape index (κ2) is 8.81. The van der Waals surface area contributed by atoms with Crippen LogP contribution in [0, 0.1) is 5.82 Å². The van der Waals surface area contributed by atoms with Gasteiger partial charge in [-0.3, -0.25) is 0 Å². The first-order valence-corrected chi connectivity index (χ1v) is 9.88. The van der Waals surface area contributed by atoms with Gasteiger partial charge in [-0.2, -0.15) is 0 Å². The zero-order valence-corrected chi connectivity index (χ0v) is 16.7. The molecule has 1 aliphatic carbocycles. The van der Waals surface area contributed by atoms with E-state index in [1.54, 1.807) is 18.2 Å². The third-order valence-electron chi connectivity index (χ3n) is 5.08. The van der Waals surface area contributed by atoms with Gasteiger partial charge in [0.25, 0.3) is 0 Å². The molecule has 0 spiro atoms. The summed E-state index contributed by atoms with van der Waals surface area (Å²) in [5.41, 5.74) is 2.78. The Morgan fingerprint density at radius 1 is 1.13 bits per heavy atom. The predicted molar refractivity (Wildman–Crippen MR) is 111 cm³/mol. The molecule has 1 saturated carbocycles. The Balaban J connectivity index is 1.44. The monoisotopic (exact) mass is 427 g/mol. The molecule has 1 aromatic heterocycles. The smallest absolute Gasteiger partial charge is 0.329 e. The van der Waals surface area contributed by atoms with Gasteiger partial charge in [0.2, 0.25) is 0 Å². The number of carboxylic acid groups (broad SMARTS) is 1. The highest BCUT2D eigenvalue weighted by Gasteiger charge is 2.31. The summed E-state index contributed by atoms with van der Waals surface area (Å²) >= 11 is 6.29. The predicted octanol–water partition coefficient (Wildman–Crippen LogP) is 5.68. The Hall–Kier alpha value is -2.96. The van der Waals surface area contributed by atoms with E-state index in [2.05, 4.69) is 4.98 Å². The van der Waals surface area contributed by atoms with Crippen molar-refractivity contribution in [2.45, 2.75) is 24.9 Å². The minimum Gasteiger partial charge on any atom is -0.480 e. The Bertz CT molecular complexity index is 1050. The highest BCUT2D eigenvalue weighted by Crippen LogP contribution is 2.40. The normalized spacial score (nSPS) is 17.9. The molecule has 0 amide bonds. The number of pyridine rings is 1. The van der Waals surface area contributed by atoms with Gasteiger partial charge >= 0.3 is 5.97 Å². The van der Waals surface area contributed by atoms with E-state index in [-0.39, 0.29) is 18.5 Å². The van der Waals surface area contributed by atoms with Crippen LogP contribution in [-0.2, 0) is 9.53 Å². The Kier molecular flexibility index (Phi) is 5.97. The van der Waals surface area contributed by atoms with E-state index in [1.807, 2.05) is 24.3 Å². The first-order chi connectivity index (χ1) is 14.5. The van der Waals surface area contributed by atoms with Crippen molar-refractivity contribution in [2.24, 2.45) is 0 Å². The molecule has 7 heteroatoms. The van der Waals surface area contributed by atoms with Crippen molar-refractivity contribution >= 4 is 17.6 Å². The fourth-order valence-corrected chi connectivity index (χ4v) is 3.66. The minimum atomic E-state index is -0.947. The van der Waals surface area contributed by atoms with Gasteiger partial charge in [-0.1, -0.05) is 41.9 Å². The Morgan fingerprint density at radius 2 is 1.90 bits per heavy atom. The molecule has 0 aliphatic heterocycles. The molecule has 154 valence electrons. The molecular formula is C23H19ClFNO4. The largest absolute Gasteiger partial charge is 0.480 e. The topological polar surface area (TPSA) is 68.7 Å². The molecule has 0 bridgehead atoms. The number of aliphatic carboxylic acids is 1. The van der Waals surface area contributed by atoms with E-state index in [4.69, 9.17) is 26.2 Å². The number of halogens is 2. The average Bonchev–Trinajstić information content (AvgIpc) is 2.69. The lowest BCUT2D eigenvalue weighted by Crippen LogP contribution is -2.31. The fourth-order valence-electron chi connectivity index (χ4n) is 3.45. The van der Waals surface area contributed by atoms with Crippen LogP contribution in [0.3, 0.4) is 0 Å². The van der Waals surface area contributed by atoms with Crippen molar-refractivity contribution in [1.29, 1.82) is 0 Å². The van der Waals surface area contributed by atoms with E-state index < -0.39 is 5.97 Å². The third-order valence-corrected chi connectivity index (χ3v) is 5.38. The van der Waals surface area contributed by atoms with Crippen molar-refractivity contribution < 1.29 is 23.8 Å². The summed E-state index contributed by atoms with van der Waals surface area (Å²) in [5.74, 6) is -0.130. The Morgan fingerprint density at radius 3 is 2.60 bits per heavy atom. The molecular weight excluding hydrogens is 409 g/mol. The number of hydrogen-bond acceptors (Lipinski definition) is 4.